The number of aromatic nitrogens is 1. The average Bonchev–Trinajstić information content (AvgIpc) is 3.19. The van der Waals surface area contributed by atoms with Crippen molar-refractivity contribution in [2.45, 2.75) is 24.6 Å². The van der Waals surface area contributed by atoms with E-state index < -0.39 is 34.9 Å². The zero-order valence-electron chi connectivity index (χ0n) is 16.5. The van der Waals surface area contributed by atoms with Crippen molar-refractivity contribution in [2.24, 2.45) is 0 Å². The number of pyridine rings is 1. The summed E-state index contributed by atoms with van der Waals surface area (Å²) in [6.07, 6.45) is 4.45. The molecule has 0 bridgehead atoms. The number of carbonyl (C=O) groups is 2. The monoisotopic (exact) mass is 494 g/mol. The molecule has 4 rings (SSSR count). The smallest absolute Gasteiger partial charge is 0.315 e. The molecule has 3 heterocycles. The van der Waals surface area contributed by atoms with E-state index in [1.54, 1.807) is 13.0 Å². The van der Waals surface area contributed by atoms with E-state index in [4.69, 9.17) is 28.5 Å². The summed E-state index contributed by atoms with van der Waals surface area (Å²) in [5, 5.41) is 8.55. The van der Waals surface area contributed by atoms with Crippen LogP contribution >= 0.6 is 35.0 Å². The van der Waals surface area contributed by atoms with E-state index >= 15 is 0 Å². The molecule has 1 fully saturated rings. The lowest BCUT2D eigenvalue weighted by atomic mass is 10.0. The van der Waals surface area contributed by atoms with E-state index in [1.807, 2.05) is 6.07 Å². The highest BCUT2D eigenvalue weighted by atomic mass is 35.5. The fraction of sp³-hybridized carbons (Fsp3) is 0.238. The van der Waals surface area contributed by atoms with Crippen LogP contribution in [0, 0.1) is 29.9 Å². The molecule has 0 spiro atoms. The van der Waals surface area contributed by atoms with Gasteiger partial charge in [0.25, 0.3) is 5.91 Å². The third kappa shape index (κ3) is 3.72. The summed E-state index contributed by atoms with van der Waals surface area (Å²) in [5.41, 5.74) is 0.965. The van der Waals surface area contributed by atoms with E-state index in [9.17, 15) is 18.4 Å². The van der Waals surface area contributed by atoms with Crippen molar-refractivity contribution in [1.82, 2.24) is 9.88 Å². The molecule has 3 amide bonds. The van der Waals surface area contributed by atoms with Gasteiger partial charge in [-0.3, -0.25) is 9.78 Å². The second kappa shape index (κ2) is 8.70. The highest BCUT2D eigenvalue weighted by Crippen LogP contribution is 2.47. The number of fused-ring (bicyclic) bond motifs is 1. The van der Waals surface area contributed by atoms with Crippen LogP contribution in [0.5, 0.6) is 0 Å². The van der Waals surface area contributed by atoms with E-state index in [-0.39, 0.29) is 29.2 Å². The number of hydrogen-bond acceptors (Lipinski definition) is 5. The Balaban J connectivity index is 1.78. The molecule has 0 N–H and O–H groups in total. The molecule has 11 heteroatoms. The minimum atomic E-state index is -1.09. The molecular weight excluding hydrogens is 481 g/mol. The van der Waals surface area contributed by atoms with Crippen LogP contribution in [0.25, 0.3) is 4.91 Å². The number of rotatable bonds is 4. The maximum absolute atomic E-state index is 13.9. The molecule has 0 saturated carbocycles. The van der Waals surface area contributed by atoms with Gasteiger partial charge >= 0.3 is 6.03 Å². The second-order valence-electron chi connectivity index (χ2n) is 7.13. The first-order valence-corrected chi connectivity index (χ1v) is 11.0. The molecule has 164 valence electrons. The van der Waals surface area contributed by atoms with Crippen molar-refractivity contribution in [3.63, 3.8) is 0 Å². The Morgan fingerprint density at radius 2 is 1.91 bits per heavy atom. The van der Waals surface area contributed by atoms with Gasteiger partial charge in [0.05, 0.1) is 40.5 Å². The Bertz CT molecular complexity index is 1220. The topological polar surface area (TPSA) is 77.3 Å². The van der Waals surface area contributed by atoms with Crippen molar-refractivity contribution >= 4 is 57.5 Å². The minimum absolute atomic E-state index is 0.0182. The van der Waals surface area contributed by atoms with Gasteiger partial charge in [0.2, 0.25) is 0 Å². The highest BCUT2D eigenvalue weighted by Gasteiger charge is 2.50. The molecule has 2 aromatic rings. The summed E-state index contributed by atoms with van der Waals surface area (Å²) in [5.74, 6) is -2.67. The maximum atomic E-state index is 13.9. The van der Waals surface area contributed by atoms with Gasteiger partial charge in [-0.05, 0) is 30.7 Å². The number of carbonyl (C=O) groups excluding carboxylic acids is 2. The number of urea groups is 1. The number of benzene rings is 1. The fourth-order valence-corrected chi connectivity index (χ4v) is 5.45. The minimum Gasteiger partial charge on any atom is -0.315 e. The van der Waals surface area contributed by atoms with Crippen molar-refractivity contribution in [1.29, 1.82) is 5.26 Å². The number of thioether (sulfide) groups is 1. The highest BCUT2D eigenvalue weighted by molar-refractivity contribution is 8.09. The van der Waals surface area contributed by atoms with Crippen LogP contribution in [0.2, 0.25) is 10.0 Å². The lowest BCUT2D eigenvalue weighted by Crippen LogP contribution is -2.62. The van der Waals surface area contributed by atoms with Gasteiger partial charge in [-0.2, -0.15) is 5.26 Å². The van der Waals surface area contributed by atoms with Gasteiger partial charge in [0, 0.05) is 23.2 Å². The van der Waals surface area contributed by atoms with E-state index in [0.717, 1.165) is 28.8 Å². The van der Waals surface area contributed by atoms with Crippen LogP contribution < -0.4 is 4.90 Å². The number of halogens is 4. The molecule has 0 aliphatic carbocycles. The summed E-state index contributed by atoms with van der Waals surface area (Å²) in [4.78, 5) is 33.6. The molecule has 2 aliphatic heterocycles. The number of nitrogens with zero attached hydrogens (tertiary/aromatic N) is 4. The first-order chi connectivity index (χ1) is 15.2. The average molecular weight is 495 g/mol. The third-order valence-corrected chi connectivity index (χ3v) is 7.29. The number of hydrogen-bond donors (Lipinski definition) is 0. The molecule has 32 heavy (non-hydrogen) atoms. The van der Waals surface area contributed by atoms with Gasteiger partial charge in [-0.1, -0.05) is 23.2 Å². The third-order valence-electron chi connectivity index (χ3n) is 5.25. The molecule has 2 aliphatic rings. The summed E-state index contributed by atoms with van der Waals surface area (Å²) in [6, 6.07) is 2.52. The fourth-order valence-electron chi connectivity index (χ4n) is 3.63. The predicted octanol–water partition coefficient (Wildman–Crippen LogP) is 5.18. The van der Waals surface area contributed by atoms with Crippen LogP contribution in [0.1, 0.15) is 17.5 Å². The molecule has 0 radical (unpaired) electrons. The van der Waals surface area contributed by atoms with Crippen LogP contribution in [-0.4, -0.2) is 39.7 Å². The van der Waals surface area contributed by atoms with E-state index in [2.05, 4.69) is 4.98 Å². The zero-order valence-corrected chi connectivity index (χ0v) is 18.8. The molecule has 6 nitrogen and oxygen atoms in total. The largest absolute Gasteiger partial charge is 0.332 e. The first-order valence-electron chi connectivity index (χ1n) is 9.39. The summed E-state index contributed by atoms with van der Waals surface area (Å²) >= 11 is 13.4. The zero-order chi connectivity index (χ0) is 23.2. The maximum Gasteiger partial charge on any atom is 0.332 e. The standard InChI is InChI=1S/C21H14Cl2F2N4O2S/c1-10-13(23)8-27-9-17(10)29-20(30)19-16(28(21(29)31)4-2-3-26)7-18(32-19)11-5-14(24)15(25)6-12(11)22/h5-9,16,19H,2,4H2,1H3. The number of imide groups is 1. The SMILES string of the molecule is Cc1c(Cl)cncc1N1C(=O)C2SC(c3cc(F)c(F)cc3Cl)=CC2N(CCC#N)C1=O. The van der Waals surface area contributed by atoms with Gasteiger partial charge in [-0.25, -0.2) is 18.5 Å². The number of anilines is 1. The molecule has 1 saturated heterocycles. The number of amides is 3. The quantitative estimate of drug-likeness (QED) is 0.547. The Kier molecular flexibility index (Phi) is 6.12. The summed E-state index contributed by atoms with van der Waals surface area (Å²) < 4.78 is 27.4. The van der Waals surface area contributed by atoms with E-state index in [1.165, 1.54) is 17.3 Å². The van der Waals surface area contributed by atoms with Crippen LogP contribution in [0.3, 0.4) is 0 Å². The Hall–Kier alpha value is -2.67. The normalized spacial score (nSPS) is 20.3. The number of nitriles is 1. The predicted molar refractivity (Wildman–Crippen MR) is 118 cm³/mol. The Morgan fingerprint density at radius 1 is 1.19 bits per heavy atom. The van der Waals surface area contributed by atoms with Crippen LogP contribution in [-0.2, 0) is 4.79 Å². The van der Waals surface area contributed by atoms with E-state index in [0.29, 0.717) is 15.5 Å². The lowest BCUT2D eigenvalue weighted by molar-refractivity contribution is -0.119. The summed E-state index contributed by atoms with van der Waals surface area (Å²) in [6.45, 7) is 1.74. The van der Waals surface area contributed by atoms with Crippen molar-refractivity contribution < 1.29 is 18.4 Å². The second-order valence-corrected chi connectivity index (χ2v) is 9.13. The molecule has 2 unspecified atom stereocenters. The molecular formula is C21H14Cl2F2N4O2S. The first kappa shape index (κ1) is 22.5. The van der Waals surface area contributed by atoms with Crippen LogP contribution in [0.15, 0.2) is 30.6 Å². The van der Waals surface area contributed by atoms with Crippen LogP contribution in [0.4, 0.5) is 19.3 Å². The van der Waals surface area contributed by atoms with Gasteiger partial charge in [0.1, 0.15) is 5.25 Å². The Labute approximate surface area is 196 Å². The summed E-state index contributed by atoms with van der Waals surface area (Å²) in [7, 11) is 0. The molecule has 1 aromatic carbocycles. The molecule has 2 atom stereocenters. The van der Waals surface area contributed by atoms with Crippen molar-refractivity contribution in [3.05, 3.63) is 63.4 Å². The lowest BCUT2D eigenvalue weighted by Gasteiger charge is -2.41. The van der Waals surface area contributed by atoms with Gasteiger partial charge < -0.3 is 4.90 Å². The van der Waals surface area contributed by atoms with Crippen molar-refractivity contribution in [3.8, 4) is 6.07 Å². The molecule has 1 aromatic heterocycles. The van der Waals surface area contributed by atoms with Crippen molar-refractivity contribution in [2.75, 3.05) is 11.4 Å². The van der Waals surface area contributed by atoms with Gasteiger partial charge in [0.15, 0.2) is 11.6 Å². The Morgan fingerprint density at radius 3 is 2.62 bits per heavy atom. The van der Waals surface area contributed by atoms with Gasteiger partial charge in [-0.15, -0.1) is 11.8 Å².